The van der Waals surface area contributed by atoms with Crippen molar-refractivity contribution in [3.63, 3.8) is 0 Å². The molecule has 1 heterocycles. The number of amides is 2. The summed E-state index contributed by atoms with van der Waals surface area (Å²) in [7, 11) is -0.876. The Kier molecular flexibility index (Phi) is 8.31. The van der Waals surface area contributed by atoms with Crippen molar-refractivity contribution >= 4 is 21.8 Å². The average molecular weight is 494 g/mol. The number of aliphatic hydroxyl groups is 1. The summed E-state index contributed by atoms with van der Waals surface area (Å²) in [6, 6.07) is 10.5. The van der Waals surface area contributed by atoms with Crippen LogP contribution in [0.5, 0.6) is 17.2 Å². The van der Waals surface area contributed by atoms with Crippen molar-refractivity contribution in [3.05, 3.63) is 48.0 Å². The van der Waals surface area contributed by atoms with Gasteiger partial charge in [-0.25, -0.2) is 8.42 Å². The van der Waals surface area contributed by atoms with E-state index in [9.17, 15) is 23.1 Å². The molecule has 34 heavy (non-hydrogen) atoms. The Morgan fingerprint density at radius 3 is 2.38 bits per heavy atom. The van der Waals surface area contributed by atoms with E-state index in [1.165, 1.54) is 38.5 Å². The molecular formula is C22H27N3O8S. The summed E-state index contributed by atoms with van der Waals surface area (Å²) in [6.45, 7) is -0.0481. The number of carbonyl (C=O) groups excluding carboxylic acids is 2. The smallest absolute Gasteiger partial charge is 0.251 e. The second-order valence-corrected chi connectivity index (χ2v) is 9.32. The van der Waals surface area contributed by atoms with E-state index in [0.717, 1.165) is 4.31 Å². The highest BCUT2D eigenvalue weighted by Crippen LogP contribution is 2.36. The number of hydrogen-bond acceptors (Lipinski definition) is 8. The number of para-hydroxylation sites is 1. The Hall–Kier alpha value is -3.35. The maximum Gasteiger partial charge on any atom is 0.251 e. The van der Waals surface area contributed by atoms with Crippen molar-refractivity contribution in [2.24, 2.45) is 0 Å². The highest BCUT2D eigenvalue weighted by atomic mass is 32.2. The molecule has 3 N–H and O–H groups in total. The minimum Gasteiger partial charge on any atom is -0.493 e. The van der Waals surface area contributed by atoms with Gasteiger partial charge in [-0.15, -0.1) is 0 Å². The zero-order valence-corrected chi connectivity index (χ0v) is 19.6. The van der Waals surface area contributed by atoms with Gasteiger partial charge in [-0.2, -0.15) is 4.31 Å². The van der Waals surface area contributed by atoms with Crippen LogP contribution in [0.4, 0.5) is 0 Å². The normalized spacial score (nSPS) is 15.2. The molecule has 0 spiro atoms. The van der Waals surface area contributed by atoms with Crippen LogP contribution in [0.1, 0.15) is 10.4 Å². The van der Waals surface area contributed by atoms with Gasteiger partial charge in [0.05, 0.1) is 25.7 Å². The maximum atomic E-state index is 12.7. The van der Waals surface area contributed by atoms with E-state index in [4.69, 9.17) is 14.2 Å². The average Bonchev–Trinajstić information content (AvgIpc) is 2.85. The summed E-state index contributed by atoms with van der Waals surface area (Å²) >= 11 is 0. The van der Waals surface area contributed by atoms with Crippen LogP contribution in [0.3, 0.4) is 0 Å². The van der Waals surface area contributed by atoms with Crippen LogP contribution in [0.2, 0.25) is 0 Å². The number of aliphatic hydroxyl groups excluding tert-OH is 1. The molecule has 3 rings (SSSR count). The summed E-state index contributed by atoms with van der Waals surface area (Å²) in [5.74, 6) is 0.361. The lowest BCUT2D eigenvalue weighted by atomic mass is 10.2. The largest absolute Gasteiger partial charge is 0.493 e. The van der Waals surface area contributed by atoms with E-state index in [-0.39, 0.29) is 49.2 Å². The van der Waals surface area contributed by atoms with Gasteiger partial charge in [-0.3, -0.25) is 9.59 Å². The quantitative estimate of drug-likeness (QED) is 0.420. The highest BCUT2D eigenvalue weighted by Gasteiger charge is 2.29. The molecule has 184 valence electrons. The molecule has 2 aromatic rings. The fourth-order valence-corrected chi connectivity index (χ4v) is 4.66. The summed E-state index contributed by atoms with van der Waals surface area (Å²) < 4.78 is 42.6. The molecule has 1 aliphatic heterocycles. The Morgan fingerprint density at radius 2 is 1.79 bits per heavy atom. The predicted molar refractivity (Wildman–Crippen MR) is 122 cm³/mol. The van der Waals surface area contributed by atoms with E-state index in [0.29, 0.717) is 17.2 Å². The van der Waals surface area contributed by atoms with Crippen molar-refractivity contribution < 1.29 is 37.3 Å². The van der Waals surface area contributed by atoms with E-state index in [2.05, 4.69) is 10.6 Å². The van der Waals surface area contributed by atoms with Gasteiger partial charge in [0.25, 0.3) is 5.91 Å². The third-order valence-corrected chi connectivity index (χ3v) is 6.92. The molecule has 0 aromatic heterocycles. The molecule has 1 fully saturated rings. The van der Waals surface area contributed by atoms with Gasteiger partial charge in [0, 0.05) is 25.2 Å². The maximum absolute atomic E-state index is 12.7. The molecule has 0 saturated carbocycles. The number of hydrogen-bond donors (Lipinski definition) is 3. The first-order valence-corrected chi connectivity index (χ1v) is 11.9. The van der Waals surface area contributed by atoms with Gasteiger partial charge in [0.1, 0.15) is 12.7 Å². The molecule has 2 aromatic carbocycles. The monoisotopic (exact) mass is 493 g/mol. The van der Waals surface area contributed by atoms with Crippen LogP contribution in [-0.2, 0) is 14.8 Å². The fourth-order valence-electron chi connectivity index (χ4n) is 3.26. The number of nitrogens with zero attached hydrogens (tertiary/aromatic N) is 1. The first kappa shape index (κ1) is 25.3. The number of sulfonamides is 1. The van der Waals surface area contributed by atoms with Gasteiger partial charge in [-0.1, -0.05) is 6.07 Å². The lowest BCUT2D eigenvalue weighted by molar-refractivity contribution is -0.122. The highest BCUT2D eigenvalue weighted by molar-refractivity contribution is 7.89. The number of ether oxygens (including phenoxy) is 3. The Bertz CT molecular complexity index is 1100. The Balaban J connectivity index is 1.55. The SMILES string of the molecule is COc1cccc(OC)c1OCC(O)CNC(=O)c1ccc(S(=O)(=O)N2CCNC(=O)C2)cc1. The van der Waals surface area contributed by atoms with Gasteiger partial charge in [-0.05, 0) is 36.4 Å². The van der Waals surface area contributed by atoms with E-state index >= 15 is 0 Å². The number of carbonyl (C=O) groups is 2. The minimum atomic E-state index is -3.84. The van der Waals surface area contributed by atoms with Gasteiger partial charge in [0.2, 0.25) is 21.7 Å². The fraction of sp³-hybridized carbons (Fsp3) is 0.364. The number of benzene rings is 2. The molecule has 1 saturated heterocycles. The molecule has 0 bridgehead atoms. The molecular weight excluding hydrogens is 466 g/mol. The van der Waals surface area contributed by atoms with Crippen molar-refractivity contribution in [2.45, 2.75) is 11.0 Å². The summed E-state index contributed by atoms with van der Waals surface area (Å²) in [5, 5.41) is 15.4. The molecule has 0 aliphatic carbocycles. The van der Waals surface area contributed by atoms with Crippen LogP contribution in [-0.4, -0.2) is 82.8 Å². The second-order valence-electron chi connectivity index (χ2n) is 7.38. The van der Waals surface area contributed by atoms with Crippen LogP contribution in [0.15, 0.2) is 47.4 Å². The lowest BCUT2D eigenvalue weighted by Crippen LogP contribution is -2.49. The topological polar surface area (TPSA) is 144 Å². The predicted octanol–water partition coefficient (Wildman–Crippen LogP) is -0.00600. The zero-order valence-electron chi connectivity index (χ0n) is 18.8. The van der Waals surface area contributed by atoms with Crippen LogP contribution >= 0.6 is 0 Å². The Labute approximate surface area is 197 Å². The molecule has 0 radical (unpaired) electrons. The molecule has 11 nitrogen and oxygen atoms in total. The summed E-state index contributed by atoms with van der Waals surface area (Å²) in [5.41, 5.74) is 0.217. The molecule has 12 heteroatoms. The number of methoxy groups -OCH3 is 2. The van der Waals surface area contributed by atoms with Crippen LogP contribution < -0.4 is 24.8 Å². The number of rotatable bonds is 10. The van der Waals surface area contributed by atoms with E-state index in [1.54, 1.807) is 18.2 Å². The van der Waals surface area contributed by atoms with Crippen LogP contribution in [0, 0.1) is 0 Å². The number of piperazine rings is 1. The van der Waals surface area contributed by atoms with Crippen molar-refractivity contribution in [3.8, 4) is 17.2 Å². The molecule has 2 amide bonds. The third-order valence-electron chi connectivity index (χ3n) is 5.06. The van der Waals surface area contributed by atoms with Crippen molar-refractivity contribution in [1.29, 1.82) is 0 Å². The van der Waals surface area contributed by atoms with Gasteiger partial charge >= 0.3 is 0 Å². The first-order chi connectivity index (χ1) is 16.3. The molecule has 1 atom stereocenters. The first-order valence-electron chi connectivity index (χ1n) is 10.4. The summed E-state index contributed by atoms with van der Waals surface area (Å²) in [4.78, 5) is 23.9. The van der Waals surface area contributed by atoms with Gasteiger partial charge < -0.3 is 30.0 Å². The number of nitrogens with one attached hydrogen (secondary N) is 2. The zero-order chi connectivity index (χ0) is 24.7. The molecule has 1 aliphatic rings. The Morgan fingerprint density at radius 1 is 1.15 bits per heavy atom. The third kappa shape index (κ3) is 5.95. The minimum absolute atomic E-state index is 0.0158. The lowest BCUT2D eigenvalue weighted by Gasteiger charge is -2.25. The summed E-state index contributed by atoms with van der Waals surface area (Å²) in [6.07, 6.45) is -1.02. The van der Waals surface area contributed by atoms with Crippen LogP contribution in [0.25, 0.3) is 0 Å². The van der Waals surface area contributed by atoms with Crippen molar-refractivity contribution in [2.75, 3.05) is 47.0 Å². The van der Waals surface area contributed by atoms with E-state index < -0.39 is 22.0 Å². The standard InChI is InChI=1S/C22H27N3O8S/c1-31-18-4-3-5-19(32-2)21(18)33-14-16(26)12-24-22(28)15-6-8-17(9-7-15)34(29,30)25-11-10-23-20(27)13-25/h3-9,16,26H,10-14H2,1-2H3,(H,23,27)(H,24,28). The van der Waals surface area contributed by atoms with E-state index in [1.807, 2.05) is 0 Å². The molecule has 1 unspecified atom stereocenters. The van der Waals surface area contributed by atoms with Crippen molar-refractivity contribution in [1.82, 2.24) is 14.9 Å². The van der Waals surface area contributed by atoms with Gasteiger partial charge in [0.15, 0.2) is 11.5 Å². The second kappa shape index (κ2) is 11.2.